The normalized spacial score (nSPS) is 11.2. The standard InChI is InChI=1S/C12H23N3/c1-4-6-13-8-12-9-14-10-15(12)7-5-11(2)3/h9-11,13H,4-8H2,1-3H3. The molecule has 0 fully saturated rings. The van der Waals surface area contributed by atoms with Gasteiger partial charge in [-0.05, 0) is 25.3 Å². The molecule has 0 aromatic carbocycles. The first kappa shape index (κ1) is 12.2. The molecule has 0 unspecified atom stereocenters. The molecule has 86 valence electrons. The summed E-state index contributed by atoms with van der Waals surface area (Å²) in [5.41, 5.74) is 1.30. The number of aromatic nitrogens is 2. The van der Waals surface area contributed by atoms with E-state index in [0.29, 0.717) is 0 Å². The van der Waals surface area contributed by atoms with Crippen LogP contribution < -0.4 is 5.32 Å². The molecule has 0 spiro atoms. The summed E-state index contributed by atoms with van der Waals surface area (Å²) < 4.78 is 2.25. The second-order valence-corrected chi connectivity index (χ2v) is 4.44. The van der Waals surface area contributed by atoms with E-state index in [1.165, 1.54) is 18.5 Å². The van der Waals surface area contributed by atoms with Crippen molar-refractivity contribution in [1.29, 1.82) is 0 Å². The molecular formula is C12H23N3. The van der Waals surface area contributed by atoms with E-state index >= 15 is 0 Å². The lowest BCUT2D eigenvalue weighted by Crippen LogP contribution is -2.17. The molecule has 1 heterocycles. The van der Waals surface area contributed by atoms with Crippen molar-refractivity contribution >= 4 is 0 Å². The number of imidazole rings is 1. The van der Waals surface area contributed by atoms with Gasteiger partial charge in [-0.15, -0.1) is 0 Å². The molecule has 3 heteroatoms. The molecule has 0 amide bonds. The fourth-order valence-electron chi connectivity index (χ4n) is 1.49. The van der Waals surface area contributed by atoms with Gasteiger partial charge >= 0.3 is 0 Å². The van der Waals surface area contributed by atoms with Crippen molar-refractivity contribution in [2.75, 3.05) is 6.54 Å². The quantitative estimate of drug-likeness (QED) is 0.699. The lowest BCUT2D eigenvalue weighted by atomic mass is 10.1. The smallest absolute Gasteiger partial charge is 0.0948 e. The average molecular weight is 209 g/mol. The first-order chi connectivity index (χ1) is 7.24. The molecule has 1 aromatic heterocycles. The van der Waals surface area contributed by atoms with Crippen LogP contribution in [0.5, 0.6) is 0 Å². The van der Waals surface area contributed by atoms with Gasteiger partial charge in [-0.2, -0.15) is 0 Å². The number of nitrogens with zero attached hydrogens (tertiary/aromatic N) is 2. The van der Waals surface area contributed by atoms with Gasteiger partial charge in [0.25, 0.3) is 0 Å². The zero-order chi connectivity index (χ0) is 11.1. The van der Waals surface area contributed by atoms with Gasteiger partial charge in [0.1, 0.15) is 0 Å². The van der Waals surface area contributed by atoms with Gasteiger partial charge in [0, 0.05) is 19.3 Å². The van der Waals surface area contributed by atoms with Crippen molar-refractivity contribution in [1.82, 2.24) is 14.9 Å². The number of aryl methyl sites for hydroxylation is 1. The maximum atomic E-state index is 4.20. The van der Waals surface area contributed by atoms with E-state index in [-0.39, 0.29) is 0 Å². The predicted octanol–water partition coefficient (Wildman–Crippen LogP) is 2.43. The molecule has 0 radical (unpaired) electrons. The van der Waals surface area contributed by atoms with Crippen LogP contribution in [0.15, 0.2) is 12.5 Å². The molecule has 0 aliphatic carbocycles. The summed E-state index contributed by atoms with van der Waals surface area (Å²) in [7, 11) is 0. The SMILES string of the molecule is CCCNCc1cncn1CCC(C)C. The molecule has 0 saturated heterocycles. The molecule has 0 aliphatic rings. The highest BCUT2D eigenvalue weighted by molar-refractivity contribution is 4.97. The average Bonchev–Trinajstić information content (AvgIpc) is 2.63. The highest BCUT2D eigenvalue weighted by Gasteiger charge is 2.02. The second kappa shape index (κ2) is 6.62. The third-order valence-corrected chi connectivity index (χ3v) is 2.48. The molecule has 1 aromatic rings. The summed E-state index contributed by atoms with van der Waals surface area (Å²) in [5.74, 6) is 0.754. The van der Waals surface area contributed by atoms with Crippen LogP contribution in [0.1, 0.15) is 39.3 Å². The van der Waals surface area contributed by atoms with Crippen LogP contribution in [0, 0.1) is 5.92 Å². The van der Waals surface area contributed by atoms with Gasteiger partial charge in [-0.25, -0.2) is 4.98 Å². The van der Waals surface area contributed by atoms with Crippen molar-refractivity contribution < 1.29 is 0 Å². The molecule has 1 N–H and O–H groups in total. The topological polar surface area (TPSA) is 29.9 Å². The van der Waals surface area contributed by atoms with E-state index < -0.39 is 0 Å². The van der Waals surface area contributed by atoms with Crippen molar-refractivity contribution in [2.45, 2.75) is 46.7 Å². The van der Waals surface area contributed by atoms with Crippen LogP contribution in [0.4, 0.5) is 0 Å². The van der Waals surface area contributed by atoms with Gasteiger partial charge < -0.3 is 9.88 Å². The van der Waals surface area contributed by atoms with E-state index in [1.54, 1.807) is 0 Å². The first-order valence-corrected chi connectivity index (χ1v) is 5.93. The van der Waals surface area contributed by atoms with Crippen molar-refractivity contribution in [3.05, 3.63) is 18.2 Å². The zero-order valence-electron chi connectivity index (χ0n) is 10.2. The zero-order valence-corrected chi connectivity index (χ0v) is 10.2. The number of nitrogens with one attached hydrogen (secondary N) is 1. The molecule has 3 nitrogen and oxygen atoms in total. The molecular weight excluding hydrogens is 186 g/mol. The van der Waals surface area contributed by atoms with E-state index in [9.17, 15) is 0 Å². The number of hydrogen-bond acceptors (Lipinski definition) is 2. The Labute approximate surface area is 92.9 Å². The fraction of sp³-hybridized carbons (Fsp3) is 0.750. The van der Waals surface area contributed by atoms with Crippen LogP contribution in [0.25, 0.3) is 0 Å². The maximum absolute atomic E-state index is 4.20. The minimum atomic E-state index is 0.754. The summed E-state index contributed by atoms with van der Waals surface area (Å²) in [6.07, 6.45) is 6.30. The third-order valence-electron chi connectivity index (χ3n) is 2.48. The third kappa shape index (κ3) is 4.47. The molecule has 0 aliphatic heterocycles. The Bertz CT molecular complexity index is 266. The Hall–Kier alpha value is -0.830. The Morgan fingerprint density at radius 1 is 1.47 bits per heavy atom. The summed E-state index contributed by atoms with van der Waals surface area (Å²) in [4.78, 5) is 4.20. The predicted molar refractivity (Wildman–Crippen MR) is 63.7 cm³/mol. The Balaban J connectivity index is 2.39. The highest BCUT2D eigenvalue weighted by atomic mass is 15.1. The summed E-state index contributed by atoms with van der Waals surface area (Å²) in [6, 6.07) is 0. The lowest BCUT2D eigenvalue weighted by Gasteiger charge is -2.10. The largest absolute Gasteiger partial charge is 0.333 e. The van der Waals surface area contributed by atoms with Gasteiger partial charge in [0.15, 0.2) is 0 Å². The Morgan fingerprint density at radius 2 is 2.27 bits per heavy atom. The van der Waals surface area contributed by atoms with Gasteiger partial charge in [-0.3, -0.25) is 0 Å². The lowest BCUT2D eigenvalue weighted by molar-refractivity contribution is 0.500. The number of hydrogen-bond donors (Lipinski definition) is 1. The van der Waals surface area contributed by atoms with E-state index in [1.807, 2.05) is 12.5 Å². The fourth-order valence-corrected chi connectivity index (χ4v) is 1.49. The Kier molecular flexibility index (Phi) is 5.40. The van der Waals surface area contributed by atoms with Gasteiger partial charge in [0.05, 0.1) is 12.0 Å². The highest BCUT2D eigenvalue weighted by Crippen LogP contribution is 2.05. The van der Waals surface area contributed by atoms with E-state index in [2.05, 4.69) is 35.6 Å². The number of rotatable bonds is 7. The minimum Gasteiger partial charge on any atom is -0.333 e. The molecule has 0 saturated carbocycles. The molecule has 1 rings (SSSR count). The summed E-state index contributed by atoms with van der Waals surface area (Å²) in [5, 5.41) is 3.40. The summed E-state index contributed by atoms with van der Waals surface area (Å²) >= 11 is 0. The first-order valence-electron chi connectivity index (χ1n) is 5.93. The van der Waals surface area contributed by atoms with Crippen molar-refractivity contribution in [3.63, 3.8) is 0 Å². The van der Waals surface area contributed by atoms with Gasteiger partial charge in [-0.1, -0.05) is 20.8 Å². The molecule has 15 heavy (non-hydrogen) atoms. The second-order valence-electron chi connectivity index (χ2n) is 4.44. The molecule has 0 bridgehead atoms. The van der Waals surface area contributed by atoms with Crippen LogP contribution in [-0.2, 0) is 13.1 Å². The van der Waals surface area contributed by atoms with Crippen LogP contribution in [-0.4, -0.2) is 16.1 Å². The van der Waals surface area contributed by atoms with Crippen LogP contribution >= 0.6 is 0 Å². The monoisotopic (exact) mass is 209 g/mol. The maximum Gasteiger partial charge on any atom is 0.0948 e. The molecule has 0 atom stereocenters. The van der Waals surface area contributed by atoms with Crippen molar-refractivity contribution in [3.8, 4) is 0 Å². The minimum absolute atomic E-state index is 0.754. The Morgan fingerprint density at radius 3 is 2.93 bits per heavy atom. The van der Waals surface area contributed by atoms with Crippen LogP contribution in [0.3, 0.4) is 0 Å². The van der Waals surface area contributed by atoms with E-state index in [4.69, 9.17) is 0 Å². The van der Waals surface area contributed by atoms with Gasteiger partial charge in [0.2, 0.25) is 0 Å². The van der Waals surface area contributed by atoms with Crippen LogP contribution in [0.2, 0.25) is 0 Å². The summed E-state index contributed by atoms with van der Waals surface area (Å²) in [6.45, 7) is 9.79. The van der Waals surface area contributed by atoms with Crippen molar-refractivity contribution in [2.24, 2.45) is 5.92 Å². The van der Waals surface area contributed by atoms with E-state index in [0.717, 1.165) is 25.6 Å².